The Bertz CT molecular complexity index is 637. The van der Waals surface area contributed by atoms with Crippen LogP contribution in [0.15, 0.2) is 17.5 Å². The number of nitrogens with one attached hydrogen (secondary N) is 2. The first kappa shape index (κ1) is 23.4. The quantitative estimate of drug-likeness (QED) is 0.622. The van der Waals surface area contributed by atoms with Crippen LogP contribution in [0.2, 0.25) is 0 Å². The molecule has 9 heteroatoms. The minimum absolute atomic E-state index is 0. The number of nitrogens with two attached hydrogens (primary N) is 1. The number of thiophene rings is 1. The fraction of sp³-hybridized carbons (Fsp3) is 0.611. The lowest BCUT2D eigenvalue weighted by atomic mass is 10.0. The summed E-state index contributed by atoms with van der Waals surface area (Å²) in [6.07, 6.45) is 1.41. The molecule has 1 saturated heterocycles. The van der Waals surface area contributed by atoms with E-state index in [1.165, 1.54) is 0 Å². The van der Waals surface area contributed by atoms with Gasteiger partial charge in [-0.25, -0.2) is 0 Å². The molecule has 0 bridgehead atoms. The molecule has 1 fully saturated rings. The molecule has 1 aromatic heterocycles. The fourth-order valence-corrected chi connectivity index (χ4v) is 3.63. The molecule has 1 aliphatic rings. The van der Waals surface area contributed by atoms with Crippen molar-refractivity contribution in [2.45, 2.75) is 58.3 Å². The van der Waals surface area contributed by atoms with Gasteiger partial charge in [-0.3, -0.25) is 14.4 Å². The molecule has 1 aliphatic heterocycles. The Morgan fingerprint density at radius 3 is 2.59 bits per heavy atom. The van der Waals surface area contributed by atoms with Crippen molar-refractivity contribution in [2.75, 3.05) is 6.54 Å². The second-order valence-corrected chi connectivity index (χ2v) is 8.04. The third kappa shape index (κ3) is 6.19. The van der Waals surface area contributed by atoms with Gasteiger partial charge in [0.1, 0.15) is 12.1 Å². The molecule has 0 aromatic carbocycles. The van der Waals surface area contributed by atoms with Crippen molar-refractivity contribution in [1.82, 2.24) is 15.5 Å². The highest BCUT2D eigenvalue weighted by atomic mass is 35.5. The van der Waals surface area contributed by atoms with Crippen LogP contribution in [0, 0.1) is 5.92 Å². The van der Waals surface area contributed by atoms with Crippen molar-refractivity contribution in [3.63, 3.8) is 0 Å². The van der Waals surface area contributed by atoms with Crippen LogP contribution in [0.4, 0.5) is 0 Å². The molecule has 2 heterocycles. The smallest absolute Gasteiger partial charge is 0.246 e. The number of halogens is 1. The molecular formula is C18H29ClN4O3S. The van der Waals surface area contributed by atoms with Crippen molar-refractivity contribution in [3.8, 4) is 0 Å². The second kappa shape index (κ2) is 10.6. The maximum absolute atomic E-state index is 13.0. The lowest BCUT2D eigenvalue weighted by molar-refractivity contribution is -0.142. The maximum atomic E-state index is 13.0. The summed E-state index contributed by atoms with van der Waals surface area (Å²) in [5.74, 6) is -0.830. The third-order valence-corrected chi connectivity index (χ3v) is 5.38. The summed E-state index contributed by atoms with van der Waals surface area (Å²) in [5, 5.41) is 7.59. The summed E-state index contributed by atoms with van der Waals surface area (Å²) >= 11 is 1.58. The molecule has 3 amide bonds. The highest BCUT2D eigenvalue weighted by molar-refractivity contribution is 7.09. The molecule has 152 valence electrons. The van der Waals surface area contributed by atoms with Gasteiger partial charge in [0.15, 0.2) is 0 Å². The summed E-state index contributed by atoms with van der Waals surface area (Å²) in [5.41, 5.74) is 5.60. The first-order valence-electron chi connectivity index (χ1n) is 8.97. The van der Waals surface area contributed by atoms with Gasteiger partial charge in [-0.1, -0.05) is 19.9 Å². The van der Waals surface area contributed by atoms with E-state index in [0.717, 1.165) is 11.3 Å². The normalized spacial score (nSPS) is 18.6. The number of rotatable bonds is 7. The third-order valence-electron chi connectivity index (χ3n) is 4.50. The zero-order valence-electron chi connectivity index (χ0n) is 15.9. The summed E-state index contributed by atoms with van der Waals surface area (Å²) in [6, 6.07) is 2.04. The van der Waals surface area contributed by atoms with Crippen LogP contribution in [-0.4, -0.2) is 47.3 Å². The Balaban J connectivity index is 0.00000364. The Morgan fingerprint density at radius 1 is 1.33 bits per heavy atom. The van der Waals surface area contributed by atoms with Crippen LogP contribution in [0.1, 0.15) is 38.5 Å². The van der Waals surface area contributed by atoms with Gasteiger partial charge >= 0.3 is 0 Å². The van der Waals surface area contributed by atoms with Gasteiger partial charge in [0.05, 0.1) is 12.6 Å². The number of likely N-dealkylation sites (tertiary alicyclic amines) is 1. The Labute approximate surface area is 170 Å². The van der Waals surface area contributed by atoms with Gasteiger partial charge in [0, 0.05) is 11.4 Å². The van der Waals surface area contributed by atoms with Crippen LogP contribution >= 0.6 is 23.7 Å². The summed E-state index contributed by atoms with van der Waals surface area (Å²) in [6.45, 7) is 6.29. The Kier molecular flexibility index (Phi) is 9.21. The maximum Gasteiger partial charge on any atom is 0.246 e. The van der Waals surface area contributed by atoms with Crippen molar-refractivity contribution in [1.29, 1.82) is 0 Å². The van der Waals surface area contributed by atoms with Crippen molar-refractivity contribution in [3.05, 3.63) is 22.4 Å². The first-order chi connectivity index (χ1) is 12.3. The summed E-state index contributed by atoms with van der Waals surface area (Å²) < 4.78 is 0. The van der Waals surface area contributed by atoms with Gasteiger partial charge in [0.2, 0.25) is 17.7 Å². The number of hydrogen-bond acceptors (Lipinski definition) is 5. The zero-order chi connectivity index (χ0) is 19.3. The molecule has 3 atom stereocenters. The fourth-order valence-electron chi connectivity index (χ4n) is 2.99. The van der Waals surface area contributed by atoms with E-state index >= 15 is 0 Å². The topological polar surface area (TPSA) is 105 Å². The number of hydrogen-bond donors (Lipinski definition) is 3. The van der Waals surface area contributed by atoms with Crippen molar-refractivity contribution >= 4 is 41.5 Å². The molecule has 7 nitrogen and oxygen atoms in total. The Hall–Kier alpha value is -1.64. The number of carbonyl (C=O) groups is 3. The van der Waals surface area contributed by atoms with Crippen LogP contribution in [0.3, 0.4) is 0 Å². The molecule has 0 unspecified atom stereocenters. The minimum Gasteiger partial charge on any atom is -0.349 e. The predicted molar refractivity (Wildman–Crippen MR) is 109 cm³/mol. The van der Waals surface area contributed by atoms with Crippen molar-refractivity contribution < 1.29 is 14.4 Å². The van der Waals surface area contributed by atoms with E-state index in [1.54, 1.807) is 23.2 Å². The molecule has 2 rings (SSSR count). The lowest BCUT2D eigenvalue weighted by Crippen LogP contribution is -2.56. The average Bonchev–Trinajstić information content (AvgIpc) is 3.27. The molecule has 1 aromatic rings. The summed E-state index contributed by atoms with van der Waals surface area (Å²) in [7, 11) is 0. The van der Waals surface area contributed by atoms with E-state index in [-0.39, 0.29) is 36.0 Å². The predicted octanol–water partition coefficient (Wildman–Crippen LogP) is 1.27. The van der Waals surface area contributed by atoms with E-state index in [1.807, 2.05) is 31.4 Å². The highest BCUT2D eigenvalue weighted by Crippen LogP contribution is 2.21. The zero-order valence-corrected chi connectivity index (χ0v) is 17.6. The van der Waals surface area contributed by atoms with Crippen LogP contribution in [0.5, 0.6) is 0 Å². The Morgan fingerprint density at radius 2 is 2.04 bits per heavy atom. The standard InChI is InChI=1S/C18H28N4O3S.ClH/c1-11(2)15(21-16(23)12(3)19)18(25)22-8-4-7-14(22)17(24)20-10-13-6-5-9-26-13;/h5-6,9,11-12,14-15H,4,7-8,10,19H2,1-3H3,(H,20,24)(H,21,23);1H/t12-,14-,15-;/m0./s1. The largest absolute Gasteiger partial charge is 0.349 e. The monoisotopic (exact) mass is 416 g/mol. The van der Waals surface area contributed by atoms with E-state index in [2.05, 4.69) is 10.6 Å². The van der Waals surface area contributed by atoms with E-state index in [9.17, 15) is 14.4 Å². The van der Waals surface area contributed by atoms with Gasteiger partial charge in [-0.2, -0.15) is 0 Å². The van der Waals surface area contributed by atoms with Gasteiger partial charge in [0.25, 0.3) is 0 Å². The molecule has 4 N–H and O–H groups in total. The number of amides is 3. The van der Waals surface area contributed by atoms with Gasteiger partial charge in [-0.05, 0) is 37.1 Å². The molecule has 0 spiro atoms. The first-order valence-corrected chi connectivity index (χ1v) is 9.85. The van der Waals surface area contributed by atoms with Crippen LogP contribution in [-0.2, 0) is 20.9 Å². The van der Waals surface area contributed by atoms with Crippen LogP contribution < -0.4 is 16.4 Å². The molecule has 0 aliphatic carbocycles. The molecule has 27 heavy (non-hydrogen) atoms. The van der Waals surface area contributed by atoms with Gasteiger partial charge in [-0.15, -0.1) is 23.7 Å². The highest BCUT2D eigenvalue weighted by Gasteiger charge is 2.38. The van der Waals surface area contributed by atoms with E-state index in [4.69, 9.17) is 5.73 Å². The summed E-state index contributed by atoms with van der Waals surface area (Å²) in [4.78, 5) is 40.2. The van der Waals surface area contributed by atoms with Crippen LogP contribution in [0.25, 0.3) is 0 Å². The number of nitrogens with zero attached hydrogens (tertiary/aromatic N) is 1. The molecule has 0 radical (unpaired) electrons. The molecule has 0 saturated carbocycles. The van der Waals surface area contributed by atoms with Gasteiger partial charge < -0.3 is 21.3 Å². The lowest BCUT2D eigenvalue weighted by Gasteiger charge is -2.30. The number of carbonyl (C=O) groups excluding carboxylic acids is 3. The second-order valence-electron chi connectivity index (χ2n) is 7.01. The minimum atomic E-state index is -0.687. The molecular weight excluding hydrogens is 388 g/mol. The SMILES string of the molecule is CC(C)[C@H](NC(=O)[C@H](C)N)C(=O)N1CCC[C@H]1C(=O)NCc1cccs1.Cl. The van der Waals surface area contributed by atoms with Crippen molar-refractivity contribution in [2.24, 2.45) is 11.7 Å². The van der Waals surface area contributed by atoms with E-state index < -0.39 is 18.1 Å². The average molecular weight is 417 g/mol. The van der Waals surface area contributed by atoms with E-state index in [0.29, 0.717) is 19.5 Å².